The van der Waals surface area contributed by atoms with Gasteiger partial charge in [-0.15, -0.1) is 0 Å². The van der Waals surface area contributed by atoms with Gasteiger partial charge in [-0.05, 0) is 116 Å². The van der Waals surface area contributed by atoms with Crippen molar-refractivity contribution in [3.8, 4) is 44.5 Å². The van der Waals surface area contributed by atoms with Gasteiger partial charge in [0.15, 0.2) is 0 Å². The number of anilines is 6. The number of hydrogen-bond acceptors (Lipinski definition) is 2. The number of hydrogen-bond donors (Lipinski definition) is 0. The second-order valence-corrected chi connectivity index (χ2v) is 17.3. The average molecular weight is 867 g/mol. The van der Waals surface area contributed by atoms with Crippen LogP contribution in [0.5, 0.6) is 0 Å². The predicted octanol–water partition coefficient (Wildman–Crippen LogP) is 18.8. The van der Waals surface area contributed by atoms with Crippen LogP contribution in [-0.4, -0.2) is 0 Å². The molecule has 0 spiro atoms. The molecule has 320 valence electrons. The first-order chi connectivity index (χ1) is 33.7. The van der Waals surface area contributed by atoms with Crippen LogP contribution in [0.4, 0.5) is 34.1 Å². The van der Waals surface area contributed by atoms with E-state index in [2.05, 4.69) is 289 Å². The number of fused-ring (bicyclic) bond motifs is 3. The lowest BCUT2D eigenvalue weighted by molar-refractivity contribution is 1.29. The zero-order valence-electron chi connectivity index (χ0n) is 37.5. The smallest absolute Gasteiger partial charge is 0.0547 e. The summed E-state index contributed by atoms with van der Waals surface area (Å²) in [6, 6.07) is 102. The molecule has 0 radical (unpaired) electrons. The molecule has 0 heterocycles. The third kappa shape index (κ3) is 7.64. The van der Waals surface area contributed by atoms with E-state index >= 15 is 0 Å². The molecule has 2 heteroatoms. The quantitative estimate of drug-likeness (QED) is 0.135. The Bertz CT molecular complexity index is 3720. The van der Waals surface area contributed by atoms with E-state index < -0.39 is 0 Å². The SMILES string of the molecule is c1ccc(-c2cccc(N(c3cc4c(N(c5cccc(-c6ccccc6)c5)c5cccc6ccccc56)cc(-c5ccccc5)cc4cc3-c3ccccc3)c3cccc4ccccc34)c2)cc1. The summed E-state index contributed by atoms with van der Waals surface area (Å²) in [7, 11) is 0. The van der Waals surface area contributed by atoms with Crippen molar-refractivity contribution in [2.45, 2.75) is 0 Å². The van der Waals surface area contributed by atoms with E-state index in [1.807, 2.05) is 0 Å². The van der Waals surface area contributed by atoms with Gasteiger partial charge < -0.3 is 9.80 Å². The monoisotopic (exact) mass is 866 g/mol. The Labute approximate surface area is 397 Å². The minimum Gasteiger partial charge on any atom is -0.309 e. The van der Waals surface area contributed by atoms with E-state index in [0.29, 0.717) is 0 Å². The van der Waals surface area contributed by atoms with Crippen LogP contribution in [0.2, 0.25) is 0 Å². The first kappa shape index (κ1) is 40.5. The van der Waals surface area contributed by atoms with Gasteiger partial charge in [-0.25, -0.2) is 0 Å². The fourth-order valence-corrected chi connectivity index (χ4v) is 9.93. The van der Waals surface area contributed by atoms with Crippen molar-refractivity contribution in [2.75, 3.05) is 9.80 Å². The van der Waals surface area contributed by atoms with E-state index in [0.717, 1.165) is 78.3 Å². The van der Waals surface area contributed by atoms with E-state index in [9.17, 15) is 0 Å². The molecule has 0 aliphatic rings. The van der Waals surface area contributed by atoms with Gasteiger partial charge >= 0.3 is 0 Å². The van der Waals surface area contributed by atoms with E-state index in [-0.39, 0.29) is 0 Å². The summed E-state index contributed by atoms with van der Waals surface area (Å²) in [4.78, 5) is 4.98. The maximum Gasteiger partial charge on any atom is 0.0547 e. The Morgan fingerprint density at radius 3 is 1.10 bits per heavy atom. The molecule has 0 saturated carbocycles. The summed E-state index contributed by atoms with van der Waals surface area (Å²) >= 11 is 0. The molecule has 0 aliphatic carbocycles. The summed E-state index contributed by atoms with van der Waals surface area (Å²) in [6.45, 7) is 0. The van der Waals surface area contributed by atoms with Crippen LogP contribution in [-0.2, 0) is 0 Å². The Hall–Kier alpha value is -8.98. The van der Waals surface area contributed by atoms with Gasteiger partial charge in [-0.2, -0.15) is 0 Å². The minimum atomic E-state index is 1.07. The van der Waals surface area contributed by atoms with Gasteiger partial charge in [-0.1, -0.05) is 218 Å². The maximum atomic E-state index is 2.49. The summed E-state index contributed by atoms with van der Waals surface area (Å²) in [6.07, 6.45) is 0. The lowest BCUT2D eigenvalue weighted by Crippen LogP contribution is -2.14. The zero-order valence-corrected chi connectivity index (χ0v) is 37.5. The molecule has 68 heavy (non-hydrogen) atoms. The third-order valence-electron chi connectivity index (χ3n) is 13.2. The van der Waals surface area contributed by atoms with E-state index in [1.54, 1.807) is 0 Å². The number of rotatable bonds is 10. The molecule has 0 amide bonds. The fraction of sp³-hybridized carbons (Fsp3) is 0. The Morgan fingerprint density at radius 2 is 0.588 bits per heavy atom. The van der Waals surface area contributed by atoms with E-state index in [1.165, 1.54) is 32.7 Å². The number of benzene rings is 12. The van der Waals surface area contributed by atoms with Crippen molar-refractivity contribution < 1.29 is 0 Å². The van der Waals surface area contributed by atoms with Crippen LogP contribution in [0.25, 0.3) is 76.8 Å². The van der Waals surface area contributed by atoms with Crippen LogP contribution in [0.1, 0.15) is 0 Å². The average Bonchev–Trinajstić information content (AvgIpc) is 3.42. The van der Waals surface area contributed by atoms with Crippen molar-refractivity contribution in [3.63, 3.8) is 0 Å². The number of nitrogens with zero attached hydrogens (tertiary/aromatic N) is 2. The van der Waals surface area contributed by atoms with Crippen molar-refractivity contribution in [2.24, 2.45) is 0 Å². The molecule has 0 saturated heterocycles. The van der Waals surface area contributed by atoms with Gasteiger partial charge in [0.1, 0.15) is 0 Å². The summed E-state index contributed by atoms with van der Waals surface area (Å²) < 4.78 is 0. The molecule has 0 atom stereocenters. The first-order valence-corrected chi connectivity index (χ1v) is 23.3. The lowest BCUT2D eigenvalue weighted by Gasteiger charge is -2.32. The van der Waals surface area contributed by atoms with Crippen molar-refractivity contribution in [1.82, 2.24) is 0 Å². The minimum absolute atomic E-state index is 1.07. The van der Waals surface area contributed by atoms with Crippen LogP contribution >= 0.6 is 0 Å². The van der Waals surface area contributed by atoms with Gasteiger partial charge in [0, 0.05) is 33.1 Å². The van der Waals surface area contributed by atoms with Crippen LogP contribution in [0.15, 0.2) is 279 Å². The van der Waals surface area contributed by atoms with Gasteiger partial charge in [0.05, 0.1) is 22.7 Å². The van der Waals surface area contributed by atoms with Crippen molar-refractivity contribution in [1.29, 1.82) is 0 Å². The largest absolute Gasteiger partial charge is 0.309 e. The normalized spacial score (nSPS) is 11.2. The Kier molecular flexibility index (Phi) is 10.6. The lowest BCUT2D eigenvalue weighted by atomic mass is 9.92. The topological polar surface area (TPSA) is 6.48 Å². The summed E-state index contributed by atoms with van der Waals surface area (Å²) in [5, 5.41) is 6.99. The van der Waals surface area contributed by atoms with Gasteiger partial charge in [-0.3, -0.25) is 0 Å². The second-order valence-electron chi connectivity index (χ2n) is 17.3. The van der Waals surface area contributed by atoms with Crippen molar-refractivity contribution in [3.05, 3.63) is 279 Å². The highest BCUT2D eigenvalue weighted by Crippen LogP contribution is 2.50. The maximum absolute atomic E-state index is 2.49. The Balaban J connectivity index is 1.21. The van der Waals surface area contributed by atoms with Gasteiger partial charge in [0.2, 0.25) is 0 Å². The molecule has 0 unspecified atom stereocenters. The molecule has 0 aliphatic heterocycles. The Morgan fingerprint density at radius 1 is 0.191 bits per heavy atom. The molecule has 0 aromatic heterocycles. The highest BCUT2D eigenvalue weighted by molar-refractivity contribution is 6.11. The molecule has 0 fully saturated rings. The first-order valence-electron chi connectivity index (χ1n) is 23.3. The molecule has 0 bridgehead atoms. The van der Waals surface area contributed by atoms with Crippen LogP contribution < -0.4 is 9.80 Å². The van der Waals surface area contributed by atoms with E-state index in [4.69, 9.17) is 0 Å². The summed E-state index contributed by atoms with van der Waals surface area (Å²) in [5.74, 6) is 0. The molecule has 12 rings (SSSR count). The highest BCUT2D eigenvalue weighted by Gasteiger charge is 2.25. The summed E-state index contributed by atoms with van der Waals surface area (Å²) in [5.41, 5.74) is 15.8. The molecule has 12 aromatic carbocycles. The zero-order chi connectivity index (χ0) is 45.2. The van der Waals surface area contributed by atoms with Gasteiger partial charge in [0.25, 0.3) is 0 Å². The third-order valence-corrected chi connectivity index (χ3v) is 13.2. The molecular formula is C66H46N2. The van der Waals surface area contributed by atoms with Crippen LogP contribution in [0.3, 0.4) is 0 Å². The molecule has 2 nitrogen and oxygen atoms in total. The standard InChI is InChI=1S/C66H46N2/c1-5-21-47(22-6-1)53-33-17-35-57(42-53)67(63-39-19-31-50-29-13-15-37-59(50)63)65-45-55(49-25-9-3-10-26-49)41-56-44-61(52-27-11-4-12-28-52)66(46-62(56)65)68(64-40-20-32-51-30-14-16-38-60(51)64)58-36-18-34-54(43-58)48-23-7-2-8-24-48/h1-46H. The van der Waals surface area contributed by atoms with Crippen LogP contribution in [0, 0.1) is 0 Å². The highest BCUT2D eigenvalue weighted by atomic mass is 15.2. The predicted molar refractivity (Wildman–Crippen MR) is 290 cm³/mol. The molecule has 12 aromatic rings. The molecular weight excluding hydrogens is 821 g/mol. The van der Waals surface area contributed by atoms with Crippen molar-refractivity contribution >= 4 is 66.4 Å². The second kappa shape index (κ2) is 17.8. The molecule has 0 N–H and O–H groups in total. The fourth-order valence-electron chi connectivity index (χ4n) is 9.93.